The van der Waals surface area contributed by atoms with Gasteiger partial charge in [0.05, 0.1) is 6.04 Å². The minimum absolute atomic E-state index is 0.0149. The molecule has 0 radical (unpaired) electrons. The van der Waals surface area contributed by atoms with Crippen LogP contribution in [-0.2, 0) is 4.79 Å². The molecular formula is C12H23N3O. The second kappa shape index (κ2) is 4.72. The minimum atomic E-state index is -0.141. The molecule has 3 atom stereocenters. The first-order valence-electron chi connectivity index (χ1n) is 6.33. The lowest BCUT2D eigenvalue weighted by atomic mass is 9.92. The molecule has 2 fully saturated rings. The van der Waals surface area contributed by atoms with Crippen molar-refractivity contribution >= 4 is 5.91 Å². The van der Waals surface area contributed by atoms with Gasteiger partial charge in [0.25, 0.3) is 0 Å². The summed E-state index contributed by atoms with van der Waals surface area (Å²) in [4.78, 5) is 16.1. The van der Waals surface area contributed by atoms with Crippen LogP contribution >= 0.6 is 0 Å². The van der Waals surface area contributed by atoms with E-state index in [-0.39, 0.29) is 11.9 Å². The molecule has 0 aliphatic carbocycles. The number of carbonyl (C=O) groups is 1. The predicted molar refractivity (Wildman–Crippen MR) is 64.0 cm³/mol. The van der Waals surface area contributed by atoms with Crippen LogP contribution < -0.4 is 5.73 Å². The molecule has 16 heavy (non-hydrogen) atoms. The third kappa shape index (κ3) is 2.23. The molecule has 0 aromatic carbocycles. The number of likely N-dealkylation sites (tertiary alicyclic amines) is 2. The van der Waals surface area contributed by atoms with Gasteiger partial charge in [-0.3, -0.25) is 9.69 Å². The summed E-state index contributed by atoms with van der Waals surface area (Å²) < 4.78 is 0. The third-order valence-corrected chi connectivity index (χ3v) is 4.17. The molecule has 4 nitrogen and oxygen atoms in total. The van der Waals surface area contributed by atoms with E-state index < -0.39 is 0 Å². The fourth-order valence-corrected chi connectivity index (χ4v) is 3.13. The molecule has 2 rings (SSSR count). The lowest BCUT2D eigenvalue weighted by Gasteiger charge is -2.42. The molecule has 0 aromatic rings. The van der Waals surface area contributed by atoms with E-state index in [9.17, 15) is 4.79 Å². The number of rotatable bonds is 2. The Morgan fingerprint density at radius 1 is 1.31 bits per heavy atom. The number of hydrogen-bond donors (Lipinski definition) is 1. The highest BCUT2D eigenvalue weighted by Crippen LogP contribution is 2.28. The first-order chi connectivity index (χ1) is 7.59. The monoisotopic (exact) mass is 225 g/mol. The van der Waals surface area contributed by atoms with Gasteiger partial charge in [-0.15, -0.1) is 0 Å². The summed E-state index contributed by atoms with van der Waals surface area (Å²) in [5.74, 6) is 0.536. The highest BCUT2D eigenvalue weighted by atomic mass is 16.1. The van der Waals surface area contributed by atoms with Gasteiger partial charge in [0.2, 0.25) is 5.91 Å². The van der Waals surface area contributed by atoms with Gasteiger partial charge in [0.15, 0.2) is 0 Å². The van der Waals surface area contributed by atoms with Gasteiger partial charge >= 0.3 is 0 Å². The predicted octanol–water partition coefficient (Wildman–Crippen LogP) is 0.276. The Balaban J connectivity index is 2.07. The van der Waals surface area contributed by atoms with E-state index in [0.717, 1.165) is 25.9 Å². The van der Waals surface area contributed by atoms with E-state index in [2.05, 4.69) is 23.8 Å². The van der Waals surface area contributed by atoms with Gasteiger partial charge in [-0.25, -0.2) is 0 Å². The van der Waals surface area contributed by atoms with Crippen molar-refractivity contribution in [3.05, 3.63) is 0 Å². The topological polar surface area (TPSA) is 49.6 Å². The number of nitrogens with zero attached hydrogens (tertiary/aromatic N) is 2. The largest absolute Gasteiger partial charge is 0.368 e. The number of piperidine rings is 1. The van der Waals surface area contributed by atoms with Crippen molar-refractivity contribution in [3.8, 4) is 0 Å². The first kappa shape index (κ1) is 11.9. The third-order valence-electron chi connectivity index (χ3n) is 4.17. The van der Waals surface area contributed by atoms with Crippen molar-refractivity contribution in [2.24, 2.45) is 11.7 Å². The van der Waals surface area contributed by atoms with Gasteiger partial charge in [0.1, 0.15) is 0 Å². The fraction of sp³-hybridized carbons (Fsp3) is 0.917. The van der Waals surface area contributed by atoms with Crippen LogP contribution in [0.25, 0.3) is 0 Å². The zero-order valence-corrected chi connectivity index (χ0v) is 10.4. The number of amides is 1. The van der Waals surface area contributed by atoms with E-state index in [4.69, 9.17) is 5.73 Å². The molecule has 0 saturated carbocycles. The van der Waals surface area contributed by atoms with E-state index >= 15 is 0 Å². The molecule has 2 aliphatic rings. The summed E-state index contributed by atoms with van der Waals surface area (Å²) in [6, 6.07) is 0.498. The zero-order chi connectivity index (χ0) is 11.7. The highest BCUT2D eigenvalue weighted by Gasteiger charge is 2.38. The molecule has 4 heteroatoms. The summed E-state index contributed by atoms with van der Waals surface area (Å²) in [5, 5.41) is 0. The summed E-state index contributed by atoms with van der Waals surface area (Å²) in [6.07, 6.45) is 3.28. The number of hydrogen-bond acceptors (Lipinski definition) is 3. The van der Waals surface area contributed by atoms with E-state index in [0.29, 0.717) is 12.0 Å². The van der Waals surface area contributed by atoms with Gasteiger partial charge in [-0.2, -0.15) is 0 Å². The molecule has 92 valence electrons. The van der Waals surface area contributed by atoms with Crippen LogP contribution in [0.3, 0.4) is 0 Å². The van der Waals surface area contributed by atoms with Crippen LogP contribution in [0.2, 0.25) is 0 Å². The van der Waals surface area contributed by atoms with Crippen LogP contribution in [-0.4, -0.2) is 54.5 Å². The average molecular weight is 225 g/mol. The van der Waals surface area contributed by atoms with Gasteiger partial charge in [-0.1, -0.05) is 6.92 Å². The minimum Gasteiger partial charge on any atom is -0.368 e. The van der Waals surface area contributed by atoms with Gasteiger partial charge in [0, 0.05) is 12.6 Å². The quantitative estimate of drug-likeness (QED) is 0.734. The summed E-state index contributed by atoms with van der Waals surface area (Å²) >= 11 is 0. The fourth-order valence-electron chi connectivity index (χ4n) is 3.13. The van der Waals surface area contributed by atoms with Crippen molar-refractivity contribution < 1.29 is 4.79 Å². The zero-order valence-electron chi connectivity index (χ0n) is 10.4. The molecule has 2 saturated heterocycles. The van der Waals surface area contributed by atoms with Crippen LogP contribution in [0.15, 0.2) is 0 Å². The van der Waals surface area contributed by atoms with Crippen LogP contribution in [0.1, 0.15) is 26.2 Å². The van der Waals surface area contributed by atoms with E-state index in [1.807, 2.05) is 0 Å². The molecule has 2 aliphatic heterocycles. The standard InChI is InChI=1S/C12H23N3O/c1-9-5-7-14(2)8-11(9)15-6-3-4-10(15)12(13)16/h9-11H,3-8H2,1-2H3,(H2,13,16)/t9?,10-,11?/m1/s1. The number of nitrogens with two attached hydrogens (primary N) is 1. The Kier molecular flexibility index (Phi) is 3.50. The maximum absolute atomic E-state index is 11.4. The molecule has 0 bridgehead atoms. The van der Waals surface area contributed by atoms with Crippen molar-refractivity contribution in [1.29, 1.82) is 0 Å². The number of carbonyl (C=O) groups excluding carboxylic acids is 1. The van der Waals surface area contributed by atoms with Crippen molar-refractivity contribution in [2.75, 3.05) is 26.7 Å². The summed E-state index contributed by atoms with van der Waals surface area (Å²) in [5.41, 5.74) is 5.48. The van der Waals surface area contributed by atoms with Crippen molar-refractivity contribution in [1.82, 2.24) is 9.80 Å². The summed E-state index contributed by atoms with van der Waals surface area (Å²) in [6.45, 7) is 5.59. The van der Waals surface area contributed by atoms with Gasteiger partial charge in [-0.05, 0) is 45.3 Å². The maximum atomic E-state index is 11.4. The second-order valence-corrected chi connectivity index (χ2v) is 5.39. The van der Waals surface area contributed by atoms with Crippen molar-refractivity contribution in [2.45, 2.75) is 38.3 Å². The lowest BCUT2D eigenvalue weighted by molar-refractivity contribution is -0.123. The first-order valence-corrected chi connectivity index (χ1v) is 6.33. The SMILES string of the molecule is CC1CCN(C)CC1N1CCC[C@@H]1C(N)=O. The van der Waals surface area contributed by atoms with E-state index in [1.54, 1.807) is 0 Å². The van der Waals surface area contributed by atoms with Gasteiger partial charge < -0.3 is 10.6 Å². The average Bonchev–Trinajstić information content (AvgIpc) is 2.70. The van der Waals surface area contributed by atoms with Crippen LogP contribution in [0, 0.1) is 5.92 Å². The Bertz CT molecular complexity index is 269. The van der Waals surface area contributed by atoms with E-state index in [1.165, 1.54) is 13.0 Å². The van der Waals surface area contributed by atoms with Crippen LogP contribution in [0.5, 0.6) is 0 Å². The summed E-state index contributed by atoms with van der Waals surface area (Å²) in [7, 11) is 2.16. The normalized spacial score (nSPS) is 37.8. The molecular weight excluding hydrogens is 202 g/mol. The molecule has 0 aromatic heterocycles. The van der Waals surface area contributed by atoms with Crippen LogP contribution in [0.4, 0.5) is 0 Å². The lowest BCUT2D eigenvalue weighted by Crippen LogP contribution is -2.55. The Morgan fingerprint density at radius 2 is 2.06 bits per heavy atom. The maximum Gasteiger partial charge on any atom is 0.234 e. The smallest absolute Gasteiger partial charge is 0.234 e. The highest BCUT2D eigenvalue weighted by molar-refractivity contribution is 5.80. The van der Waals surface area contributed by atoms with Crippen molar-refractivity contribution in [3.63, 3.8) is 0 Å². The second-order valence-electron chi connectivity index (χ2n) is 5.39. The number of likely N-dealkylation sites (N-methyl/N-ethyl adjacent to an activating group) is 1. The molecule has 2 N–H and O–H groups in total. The molecule has 2 heterocycles. The molecule has 1 amide bonds. The molecule has 0 spiro atoms. The Labute approximate surface area is 97.8 Å². The number of primary amides is 1. The Hall–Kier alpha value is -0.610. The Morgan fingerprint density at radius 3 is 2.75 bits per heavy atom. The molecule has 2 unspecified atom stereocenters.